The van der Waals surface area contributed by atoms with Crippen LogP contribution in [0.3, 0.4) is 0 Å². The molecule has 0 aliphatic heterocycles. The molecule has 0 spiro atoms. The third kappa shape index (κ3) is 3.98. The van der Waals surface area contributed by atoms with E-state index in [4.69, 9.17) is 0 Å². The molecule has 2 aromatic rings. The van der Waals surface area contributed by atoms with E-state index in [9.17, 15) is 8.78 Å². The molecular formula is C14H20F2N4. The first kappa shape index (κ1) is 14.9. The first-order valence-electron chi connectivity index (χ1n) is 6.75. The average molecular weight is 282 g/mol. The normalized spacial score (nSPS) is 11.7. The number of nitrogens with one attached hydrogen (secondary N) is 2. The van der Waals surface area contributed by atoms with Crippen molar-refractivity contribution in [3.63, 3.8) is 0 Å². The average Bonchev–Trinajstić information content (AvgIpc) is 2.75. The van der Waals surface area contributed by atoms with Crippen molar-refractivity contribution in [1.82, 2.24) is 20.2 Å². The number of aromatic nitrogens is 2. The maximum Gasteiger partial charge on any atom is 0.161 e. The SMILES string of the molecule is CN(C)CCCNCCc1nc2cc(F)c(F)cc2[nH]1. The van der Waals surface area contributed by atoms with Gasteiger partial charge in [0.05, 0.1) is 11.0 Å². The summed E-state index contributed by atoms with van der Waals surface area (Å²) in [5.41, 5.74) is 0.998. The Morgan fingerprint density at radius 2 is 1.95 bits per heavy atom. The molecule has 1 aromatic heterocycles. The molecule has 0 saturated heterocycles. The smallest absolute Gasteiger partial charge is 0.161 e. The Morgan fingerprint density at radius 3 is 2.70 bits per heavy atom. The van der Waals surface area contributed by atoms with Gasteiger partial charge in [0.25, 0.3) is 0 Å². The Morgan fingerprint density at radius 1 is 1.20 bits per heavy atom. The van der Waals surface area contributed by atoms with Crippen LogP contribution in [0, 0.1) is 11.6 Å². The van der Waals surface area contributed by atoms with E-state index in [0.29, 0.717) is 17.5 Å². The highest BCUT2D eigenvalue weighted by atomic mass is 19.2. The van der Waals surface area contributed by atoms with E-state index in [1.807, 2.05) is 14.1 Å². The lowest BCUT2D eigenvalue weighted by Gasteiger charge is -2.09. The largest absolute Gasteiger partial charge is 0.342 e. The van der Waals surface area contributed by atoms with Crippen LogP contribution >= 0.6 is 0 Å². The topological polar surface area (TPSA) is 44.0 Å². The molecule has 0 aliphatic carbocycles. The quantitative estimate of drug-likeness (QED) is 0.763. The number of H-pyrrole nitrogens is 1. The Balaban J connectivity index is 1.82. The first-order valence-corrected chi connectivity index (χ1v) is 6.75. The highest BCUT2D eigenvalue weighted by Crippen LogP contribution is 2.16. The van der Waals surface area contributed by atoms with Gasteiger partial charge in [0, 0.05) is 25.1 Å². The van der Waals surface area contributed by atoms with Gasteiger partial charge >= 0.3 is 0 Å². The van der Waals surface area contributed by atoms with Gasteiger partial charge in [-0.1, -0.05) is 0 Å². The lowest BCUT2D eigenvalue weighted by molar-refractivity contribution is 0.395. The maximum atomic E-state index is 13.1. The molecule has 0 amide bonds. The summed E-state index contributed by atoms with van der Waals surface area (Å²) in [7, 11) is 4.10. The van der Waals surface area contributed by atoms with Crippen molar-refractivity contribution in [1.29, 1.82) is 0 Å². The second kappa shape index (κ2) is 6.76. The van der Waals surface area contributed by atoms with Gasteiger partial charge in [-0.2, -0.15) is 0 Å². The zero-order chi connectivity index (χ0) is 14.5. The van der Waals surface area contributed by atoms with Gasteiger partial charge < -0.3 is 15.2 Å². The molecule has 1 aromatic carbocycles. The predicted octanol–water partition coefficient (Wildman–Crippen LogP) is 1.92. The van der Waals surface area contributed by atoms with E-state index in [2.05, 4.69) is 20.2 Å². The van der Waals surface area contributed by atoms with Crippen LogP contribution in [0.15, 0.2) is 12.1 Å². The fourth-order valence-electron chi connectivity index (χ4n) is 2.03. The van der Waals surface area contributed by atoms with Crippen molar-refractivity contribution in [3.05, 3.63) is 29.6 Å². The lowest BCUT2D eigenvalue weighted by atomic mass is 10.3. The Kier molecular flexibility index (Phi) is 5.03. The van der Waals surface area contributed by atoms with Gasteiger partial charge in [0.15, 0.2) is 11.6 Å². The third-order valence-corrected chi connectivity index (χ3v) is 3.07. The summed E-state index contributed by atoms with van der Waals surface area (Å²) in [6.45, 7) is 2.79. The minimum Gasteiger partial charge on any atom is -0.342 e. The summed E-state index contributed by atoms with van der Waals surface area (Å²) in [5, 5.41) is 3.32. The third-order valence-electron chi connectivity index (χ3n) is 3.07. The monoisotopic (exact) mass is 282 g/mol. The van der Waals surface area contributed by atoms with Crippen molar-refractivity contribution in [2.24, 2.45) is 0 Å². The number of nitrogens with zero attached hydrogens (tertiary/aromatic N) is 2. The number of hydrogen-bond donors (Lipinski definition) is 2. The highest BCUT2D eigenvalue weighted by molar-refractivity contribution is 5.75. The molecule has 0 radical (unpaired) electrons. The van der Waals surface area contributed by atoms with Crippen molar-refractivity contribution in [2.75, 3.05) is 33.7 Å². The fourth-order valence-corrected chi connectivity index (χ4v) is 2.03. The lowest BCUT2D eigenvalue weighted by Crippen LogP contribution is -2.23. The summed E-state index contributed by atoms with van der Waals surface area (Å²) in [6.07, 6.45) is 1.80. The van der Waals surface area contributed by atoms with Gasteiger partial charge in [-0.25, -0.2) is 13.8 Å². The molecule has 2 N–H and O–H groups in total. The number of halogens is 2. The van der Waals surface area contributed by atoms with E-state index in [0.717, 1.165) is 44.0 Å². The first-order chi connectivity index (χ1) is 9.56. The number of hydrogen-bond acceptors (Lipinski definition) is 3. The molecule has 110 valence electrons. The van der Waals surface area contributed by atoms with Crippen molar-refractivity contribution in [3.8, 4) is 0 Å². The molecule has 0 fully saturated rings. The summed E-state index contributed by atoms with van der Waals surface area (Å²) in [5.74, 6) is -0.975. The van der Waals surface area contributed by atoms with Crippen LogP contribution in [-0.4, -0.2) is 48.6 Å². The molecule has 0 bridgehead atoms. The maximum absolute atomic E-state index is 13.1. The van der Waals surface area contributed by atoms with Gasteiger partial charge in [0.2, 0.25) is 0 Å². The van der Waals surface area contributed by atoms with E-state index >= 15 is 0 Å². The summed E-state index contributed by atoms with van der Waals surface area (Å²) in [4.78, 5) is 9.40. The second-order valence-electron chi connectivity index (χ2n) is 5.12. The van der Waals surface area contributed by atoms with Gasteiger partial charge in [-0.05, 0) is 33.6 Å². The van der Waals surface area contributed by atoms with Crippen molar-refractivity contribution in [2.45, 2.75) is 12.8 Å². The molecule has 6 heteroatoms. The number of imidazole rings is 1. The summed E-state index contributed by atoms with van der Waals surface area (Å²) < 4.78 is 26.1. The van der Waals surface area contributed by atoms with Crippen molar-refractivity contribution < 1.29 is 8.78 Å². The number of rotatable bonds is 7. The summed E-state index contributed by atoms with van der Waals surface area (Å²) >= 11 is 0. The zero-order valence-corrected chi connectivity index (χ0v) is 11.8. The van der Waals surface area contributed by atoms with Gasteiger partial charge in [0.1, 0.15) is 5.82 Å². The van der Waals surface area contributed by atoms with Crippen LogP contribution in [0.4, 0.5) is 8.78 Å². The summed E-state index contributed by atoms with van der Waals surface area (Å²) in [6, 6.07) is 2.26. The van der Waals surface area contributed by atoms with Crippen LogP contribution in [0.1, 0.15) is 12.2 Å². The molecule has 2 rings (SSSR count). The van der Waals surface area contributed by atoms with Crippen LogP contribution in [-0.2, 0) is 6.42 Å². The Hall–Kier alpha value is -1.53. The fraction of sp³-hybridized carbons (Fsp3) is 0.500. The van der Waals surface area contributed by atoms with E-state index in [1.54, 1.807) is 0 Å². The highest BCUT2D eigenvalue weighted by Gasteiger charge is 2.08. The Labute approximate surface area is 117 Å². The van der Waals surface area contributed by atoms with Gasteiger partial charge in [-0.15, -0.1) is 0 Å². The zero-order valence-electron chi connectivity index (χ0n) is 11.8. The van der Waals surface area contributed by atoms with Crippen molar-refractivity contribution >= 4 is 11.0 Å². The molecule has 0 aliphatic rings. The standard InChI is InChI=1S/C14H20F2N4/c1-20(2)7-3-5-17-6-4-14-18-12-8-10(15)11(16)9-13(12)19-14/h8-9,17H,3-7H2,1-2H3,(H,18,19). The van der Waals surface area contributed by atoms with Crippen LogP contribution in [0.25, 0.3) is 11.0 Å². The number of aromatic amines is 1. The van der Waals surface area contributed by atoms with E-state index < -0.39 is 11.6 Å². The van der Waals surface area contributed by atoms with E-state index in [1.165, 1.54) is 0 Å². The van der Waals surface area contributed by atoms with Gasteiger partial charge in [-0.3, -0.25) is 0 Å². The molecule has 0 unspecified atom stereocenters. The molecule has 4 nitrogen and oxygen atoms in total. The predicted molar refractivity (Wildman–Crippen MR) is 75.8 cm³/mol. The molecular weight excluding hydrogens is 262 g/mol. The van der Waals surface area contributed by atoms with Crippen LogP contribution in [0.5, 0.6) is 0 Å². The number of benzene rings is 1. The Bertz CT molecular complexity index is 527. The molecule has 1 heterocycles. The number of fused-ring (bicyclic) bond motifs is 1. The molecule has 20 heavy (non-hydrogen) atoms. The van der Waals surface area contributed by atoms with Crippen LogP contribution < -0.4 is 5.32 Å². The molecule has 0 saturated carbocycles. The second-order valence-corrected chi connectivity index (χ2v) is 5.12. The minimum absolute atomic E-state index is 0.464. The minimum atomic E-state index is -0.864. The van der Waals surface area contributed by atoms with Crippen LogP contribution in [0.2, 0.25) is 0 Å². The van der Waals surface area contributed by atoms with E-state index in [-0.39, 0.29) is 0 Å². The molecule has 0 atom stereocenters.